The average molecular weight is 284 g/mol. The fourth-order valence-electron chi connectivity index (χ4n) is 1.95. The summed E-state index contributed by atoms with van der Waals surface area (Å²) in [6.45, 7) is 0.642. The van der Waals surface area contributed by atoms with Crippen LogP contribution in [0.25, 0.3) is 0 Å². The second-order valence-corrected chi connectivity index (χ2v) is 4.81. The molecule has 2 aromatic carbocycles. The van der Waals surface area contributed by atoms with Crippen LogP contribution in [-0.2, 0) is 16.0 Å². The van der Waals surface area contributed by atoms with Crippen molar-refractivity contribution in [3.63, 3.8) is 0 Å². The number of rotatable bonds is 7. The Kier molecular flexibility index (Phi) is 5.79. The van der Waals surface area contributed by atoms with Crippen molar-refractivity contribution in [3.05, 3.63) is 60.2 Å². The maximum Gasteiger partial charge on any atom is 0.250 e. The minimum Gasteiger partial charge on any atom is -0.399 e. The van der Waals surface area contributed by atoms with Crippen molar-refractivity contribution >= 4 is 17.3 Å². The maximum absolute atomic E-state index is 11.7. The van der Waals surface area contributed by atoms with Crippen LogP contribution < -0.4 is 11.1 Å². The predicted octanol–water partition coefficient (Wildman–Crippen LogP) is 2.86. The Morgan fingerprint density at radius 3 is 2.48 bits per heavy atom. The lowest BCUT2D eigenvalue weighted by Crippen LogP contribution is -2.18. The number of hydrogen-bond acceptors (Lipinski definition) is 3. The number of aryl methyl sites for hydroxylation is 1. The molecule has 110 valence electrons. The highest BCUT2D eigenvalue weighted by molar-refractivity contribution is 5.91. The standard InChI is InChI=1S/C17H20N2O2/c18-15-8-10-16(11-9-15)19-17(20)13-21-12-4-7-14-5-2-1-3-6-14/h1-3,5-6,8-11H,4,7,12-13,18H2,(H,19,20). The van der Waals surface area contributed by atoms with Crippen molar-refractivity contribution in [1.29, 1.82) is 0 Å². The Labute approximate surface area is 124 Å². The van der Waals surface area contributed by atoms with Gasteiger partial charge in [-0.15, -0.1) is 0 Å². The van der Waals surface area contributed by atoms with Crippen LogP contribution in [0.2, 0.25) is 0 Å². The van der Waals surface area contributed by atoms with Gasteiger partial charge >= 0.3 is 0 Å². The molecule has 0 bridgehead atoms. The van der Waals surface area contributed by atoms with E-state index >= 15 is 0 Å². The molecule has 0 unspecified atom stereocenters. The molecule has 2 aromatic rings. The zero-order valence-corrected chi connectivity index (χ0v) is 11.9. The third-order valence-electron chi connectivity index (χ3n) is 3.02. The lowest BCUT2D eigenvalue weighted by atomic mass is 10.1. The summed E-state index contributed by atoms with van der Waals surface area (Å²) in [5.74, 6) is -0.153. The fraction of sp³-hybridized carbons (Fsp3) is 0.235. The summed E-state index contributed by atoms with van der Waals surface area (Å²) in [6, 6.07) is 17.3. The van der Waals surface area contributed by atoms with Crippen molar-refractivity contribution in [2.75, 3.05) is 24.3 Å². The molecule has 3 N–H and O–H groups in total. The molecule has 2 rings (SSSR count). The largest absolute Gasteiger partial charge is 0.399 e. The molecule has 0 saturated heterocycles. The first kappa shape index (κ1) is 15.1. The second kappa shape index (κ2) is 8.07. The molecule has 0 aromatic heterocycles. The number of nitrogens with two attached hydrogens (primary N) is 1. The fourth-order valence-corrected chi connectivity index (χ4v) is 1.95. The Hall–Kier alpha value is -2.33. The molecule has 21 heavy (non-hydrogen) atoms. The summed E-state index contributed by atoms with van der Waals surface area (Å²) >= 11 is 0. The van der Waals surface area contributed by atoms with Gasteiger partial charge < -0.3 is 15.8 Å². The van der Waals surface area contributed by atoms with Crippen LogP contribution in [0.1, 0.15) is 12.0 Å². The smallest absolute Gasteiger partial charge is 0.250 e. The third-order valence-corrected chi connectivity index (χ3v) is 3.02. The molecule has 0 aliphatic rings. The van der Waals surface area contributed by atoms with Crippen molar-refractivity contribution in [1.82, 2.24) is 0 Å². The van der Waals surface area contributed by atoms with Gasteiger partial charge in [0, 0.05) is 18.0 Å². The van der Waals surface area contributed by atoms with Gasteiger partial charge in [0.15, 0.2) is 0 Å². The van der Waals surface area contributed by atoms with E-state index in [0.29, 0.717) is 12.3 Å². The van der Waals surface area contributed by atoms with Gasteiger partial charge in [-0.1, -0.05) is 30.3 Å². The molecule has 0 spiro atoms. The van der Waals surface area contributed by atoms with Crippen LogP contribution in [0, 0.1) is 0 Å². The van der Waals surface area contributed by atoms with E-state index in [4.69, 9.17) is 10.5 Å². The first-order chi connectivity index (χ1) is 10.2. The van der Waals surface area contributed by atoms with E-state index in [1.165, 1.54) is 5.56 Å². The number of hydrogen-bond donors (Lipinski definition) is 2. The molecule has 0 aliphatic carbocycles. The Bertz CT molecular complexity index is 553. The highest BCUT2D eigenvalue weighted by Crippen LogP contribution is 2.10. The quantitative estimate of drug-likeness (QED) is 0.607. The monoisotopic (exact) mass is 284 g/mol. The van der Waals surface area contributed by atoms with Crippen LogP contribution in [0.3, 0.4) is 0 Å². The highest BCUT2D eigenvalue weighted by atomic mass is 16.5. The first-order valence-corrected chi connectivity index (χ1v) is 7.01. The molecular formula is C17H20N2O2. The van der Waals surface area contributed by atoms with E-state index in [9.17, 15) is 4.79 Å². The van der Waals surface area contributed by atoms with E-state index in [1.807, 2.05) is 18.2 Å². The zero-order valence-electron chi connectivity index (χ0n) is 11.9. The molecule has 0 saturated carbocycles. The van der Waals surface area contributed by atoms with E-state index in [0.717, 1.165) is 18.5 Å². The van der Waals surface area contributed by atoms with Crippen LogP contribution in [0.15, 0.2) is 54.6 Å². The topological polar surface area (TPSA) is 64.3 Å². The molecule has 0 fully saturated rings. The number of ether oxygens (including phenoxy) is 1. The average Bonchev–Trinajstić information content (AvgIpc) is 2.50. The number of nitrogen functional groups attached to an aromatic ring is 1. The third kappa shape index (κ3) is 5.67. The Balaban J connectivity index is 1.60. The summed E-state index contributed by atoms with van der Waals surface area (Å²) in [7, 11) is 0. The normalized spacial score (nSPS) is 10.3. The van der Waals surface area contributed by atoms with E-state index in [2.05, 4.69) is 17.4 Å². The summed E-state index contributed by atoms with van der Waals surface area (Å²) in [4.78, 5) is 11.7. The van der Waals surface area contributed by atoms with Gasteiger partial charge in [0.25, 0.3) is 0 Å². The van der Waals surface area contributed by atoms with Gasteiger partial charge in [-0.2, -0.15) is 0 Å². The molecular weight excluding hydrogens is 264 g/mol. The molecule has 1 amide bonds. The minimum absolute atomic E-state index is 0.0686. The molecule has 4 heteroatoms. The van der Waals surface area contributed by atoms with Gasteiger partial charge in [-0.05, 0) is 42.7 Å². The zero-order chi connectivity index (χ0) is 14.9. The summed E-state index contributed by atoms with van der Waals surface area (Å²) in [5.41, 5.74) is 8.26. The van der Waals surface area contributed by atoms with Crippen LogP contribution in [-0.4, -0.2) is 19.1 Å². The number of amides is 1. The lowest BCUT2D eigenvalue weighted by molar-refractivity contribution is -0.120. The molecule has 0 radical (unpaired) electrons. The van der Waals surface area contributed by atoms with E-state index < -0.39 is 0 Å². The van der Waals surface area contributed by atoms with Crippen molar-refractivity contribution in [3.8, 4) is 0 Å². The minimum atomic E-state index is -0.153. The number of benzene rings is 2. The molecule has 0 heterocycles. The van der Waals surface area contributed by atoms with Gasteiger partial charge in [0.1, 0.15) is 6.61 Å². The van der Waals surface area contributed by atoms with Gasteiger partial charge in [0.05, 0.1) is 0 Å². The van der Waals surface area contributed by atoms with Gasteiger partial charge in [0.2, 0.25) is 5.91 Å². The van der Waals surface area contributed by atoms with Crippen molar-refractivity contribution < 1.29 is 9.53 Å². The second-order valence-electron chi connectivity index (χ2n) is 4.81. The van der Waals surface area contributed by atoms with Crippen molar-refractivity contribution in [2.24, 2.45) is 0 Å². The lowest BCUT2D eigenvalue weighted by Gasteiger charge is -2.06. The predicted molar refractivity (Wildman–Crippen MR) is 85.1 cm³/mol. The summed E-state index contributed by atoms with van der Waals surface area (Å²) in [5, 5.41) is 2.76. The maximum atomic E-state index is 11.7. The van der Waals surface area contributed by atoms with Crippen LogP contribution >= 0.6 is 0 Å². The van der Waals surface area contributed by atoms with Crippen molar-refractivity contribution in [2.45, 2.75) is 12.8 Å². The molecule has 0 atom stereocenters. The van der Waals surface area contributed by atoms with E-state index in [1.54, 1.807) is 24.3 Å². The first-order valence-electron chi connectivity index (χ1n) is 7.01. The number of carbonyl (C=O) groups excluding carboxylic acids is 1. The number of anilines is 2. The summed E-state index contributed by atoms with van der Waals surface area (Å²) in [6.07, 6.45) is 1.86. The number of carbonyl (C=O) groups is 1. The van der Waals surface area contributed by atoms with Crippen LogP contribution in [0.4, 0.5) is 11.4 Å². The Morgan fingerprint density at radius 2 is 1.76 bits per heavy atom. The van der Waals surface area contributed by atoms with Gasteiger partial charge in [-0.3, -0.25) is 4.79 Å². The number of nitrogens with one attached hydrogen (secondary N) is 1. The Morgan fingerprint density at radius 1 is 1.05 bits per heavy atom. The highest BCUT2D eigenvalue weighted by Gasteiger charge is 2.02. The molecule has 0 aliphatic heterocycles. The van der Waals surface area contributed by atoms with Crippen LogP contribution in [0.5, 0.6) is 0 Å². The molecule has 4 nitrogen and oxygen atoms in total. The van der Waals surface area contributed by atoms with Gasteiger partial charge in [-0.25, -0.2) is 0 Å². The SMILES string of the molecule is Nc1ccc(NC(=O)COCCCc2ccccc2)cc1. The summed E-state index contributed by atoms with van der Waals surface area (Å²) < 4.78 is 5.38. The van der Waals surface area contributed by atoms with E-state index in [-0.39, 0.29) is 12.5 Å².